The summed E-state index contributed by atoms with van der Waals surface area (Å²) in [4.78, 5) is 15.8. The first-order valence-electron chi connectivity index (χ1n) is 6.34. The van der Waals surface area contributed by atoms with Gasteiger partial charge in [0.15, 0.2) is 6.61 Å². The monoisotopic (exact) mass is 290 g/mol. The van der Waals surface area contributed by atoms with E-state index in [4.69, 9.17) is 4.74 Å². The minimum atomic E-state index is -0.383. The quantitative estimate of drug-likeness (QED) is 0.884. The Morgan fingerprint density at radius 2 is 2.00 bits per heavy atom. The Bertz CT molecular complexity index is 629. The lowest BCUT2D eigenvalue weighted by molar-refractivity contribution is -0.118. The number of benzene rings is 1. The van der Waals surface area contributed by atoms with Crippen molar-refractivity contribution in [1.29, 1.82) is 0 Å². The molecule has 0 aliphatic heterocycles. The summed E-state index contributed by atoms with van der Waals surface area (Å²) in [5.41, 5.74) is 1.61. The highest BCUT2D eigenvalue weighted by molar-refractivity contribution is 5.91. The molecule has 2 N–H and O–H groups in total. The summed E-state index contributed by atoms with van der Waals surface area (Å²) in [6, 6.07) is 8.81. The first-order chi connectivity index (χ1) is 10.1. The molecule has 0 fully saturated rings. The first-order valence-corrected chi connectivity index (χ1v) is 6.34. The van der Waals surface area contributed by atoms with Crippen LogP contribution in [0.4, 0.5) is 10.1 Å². The molecule has 1 aromatic heterocycles. The molecular formula is C15H15FN2O3. The van der Waals surface area contributed by atoms with E-state index in [0.717, 1.165) is 5.69 Å². The lowest BCUT2D eigenvalue weighted by atomic mass is 10.3. The molecule has 0 atom stereocenters. The number of amides is 1. The van der Waals surface area contributed by atoms with Crippen molar-refractivity contribution in [3.05, 3.63) is 53.6 Å². The predicted molar refractivity (Wildman–Crippen MR) is 75.4 cm³/mol. The van der Waals surface area contributed by atoms with Crippen molar-refractivity contribution in [2.45, 2.75) is 13.5 Å². The average molecular weight is 290 g/mol. The number of aromatic nitrogens is 1. The Morgan fingerprint density at radius 1 is 1.29 bits per heavy atom. The van der Waals surface area contributed by atoms with Crippen LogP contribution in [0.1, 0.15) is 11.4 Å². The summed E-state index contributed by atoms with van der Waals surface area (Å²) >= 11 is 0. The van der Waals surface area contributed by atoms with Crippen LogP contribution in [0.2, 0.25) is 0 Å². The van der Waals surface area contributed by atoms with E-state index in [-0.39, 0.29) is 24.9 Å². The fourth-order valence-corrected chi connectivity index (χ4v) is 1.72. The van der Waals surface area contributed by atoms with Gasteiger partial charge in [0, 0.05) is 11.4 Å². The number of hydrogen-bond donors (Lipinski definition) is 2. The fraction of sp³-hybridized carbons (Fsp3) is 0.200. The topological polar surface area (TPSA) is 71.5 Å². The number of rotatable bonds is 5. The Hall–Kier alpha value is -2.47. The van der Waals surface area contributed by atoms with Gasteiger partial charge in [-0.1, -0.05) is 0 Å². The van der Waals surface area contributed by atoms with Gasteiger partial charge in [0.25, 0.3) is 5.91 Å². The first kappa shape index (κ1) is 14.9. The zero-order valence-electron chi connectivity index (χ0n) is 11.5. The molecule has 0 unspecified atom stereocenters. The molecule has 2 rings (SSSR count). The third kappa shape index (κ3) is 4.25. The van der Waals surface area contributed by atoms with Crippen molar-refractivity contribution in [2.75, 3.05) is 11.9 Å². The van der Waals surface area contributed by atoms with Crippen LogP contribution in [0, 0.1) is 12.7 Å². The van der Waals surface area contributed by atoms with Crippen molar-refractivity contribution in [3.8, 4) is 5.75 Å². The van der Waals surface area contributed by atoms with Gasteiger partial charge < -0.3 is 15.2 Å². The molecule has 1 aromatic carbocycles. The van der Waals surface area contributed by atoms with Gasteiger partial charge in [0.05, 0.1) is 6.61 Å². The van der Waals surface area contributed by atoms with E-state index >= 15 is 0 Å². The number of halogens is 1. The second-order valence-corrected chi connectivity index (χ2v) is 4.40. The summed E-state index contributed by atoms with van der Waals surface area (Å²) in [5.74, 6) is -0.397. The third-order valence-corrected chi connectivity index (χ3v) is 2.71. The number of carbonyl (C=O) groups excluding carboxylic acids is 1. The van der Waals surface area contributed by atoms with E-state index in [2.05, 4.69) is 10.3 Å². The molecule has 1 amide bonds. The van der Waals surface area contributed by atoms with E-state index in [1.54, 1.807) is 19.1 Å². The third-order valence-electron chi connectivity index (χ3n) is 2.71. The highest BCUT2D eigenvalue weighted by Crippen LogP contribution is 2.17. The Morgan fingerprint density at radius 3 is 2.67 bits per heavy atom. The number of pyridine rings is 1. The molecule has 0 saturated carbocycles. The van der Waals surface area contributed by atoms with Gasteiger partial charge >= 0.3 is 0 Å². The Kier molecular flexibility index (Phi) is 4.84. The lowest BCUT2D eigenvalue weighted by Crippen LogP contribution is -2.20. The van der Waals surface area contributed by atoms with Crippen molar-refractivity contribution >= 4 is 11.6 Å². The van der Waals surface area contributed by atoms with Crippen LogP contribution < -0.4 is 10.1 Å². The molecule has 21 heavy (non-hydrogen) atoms. The van der Waals surface area contributed by atoms with Gasteiger partial charge in [-0.15, -0.1) is 0 Å². The molecule has 0 spiro atoms. The number of nitrogens with one attached hydrogen (secondary N) is 1. The second kappa shape index (κ2) is 6.81. The van der Waals surface area contributed by atoms with Crippen LogP contribution in [-0.2, 0) is 11.4 Å². The fourth-order valence-electron chi connectivity index (χ4n) is 1.72. The van der Waals surface area contributed by atoms with Crippen molar-refractivity contribution in [1.82, 2.24) is 4.98 Å². The maximum atomic E-state index is 12.7. The smallest absolute Gasteiger partial charge is 0.262 e. The van der Waals surface area contributed by atoms with E-state index in [1.807, 2.05) is 0 Å². The molecule has 1 heterocycles. The summed E-state index contributed by atoms with van der Waals surface area (Å²) in [6.45, 7) is 1.30. The molecule has 110 valence electrons. The molecule has 2 aromatic rings. The maximum absolute atomic E-state index is 12.7. The molecule has 0 radical (unpaired) electrons. The lowest BCUT2D eigenvalue weighted by Gasteiger charge is -2.10. The minimum absolute atomic E-state index is 0.227. The van der Waals surface area contributed by atoms with Crippen LogP contribution >= 0.6 is 0 Å². The van der Waals surface area contributed by atoms with Gasteiger partial charge in [0.2, 0.25) is 0 Å². The van der Waals surface area contributed by atoms with E-state index in [9.17, 15) is 14.3 Å². The van der Waals surface area contributed by atoms with Gasteiger partial charge in [-0.25, -0.2) is 4.39 Å². The summed E-state index contributed by atoms with van der Waals surface area (Å²) in [5, 5.41) is 11.8. The number of aliphatic hydroxyl groups excluding tert-OH is 1. The number of anilines is 1. The number of carbonyl (C=O) groups is 1. The zero-order chi connectivity index (χ0) is 15.2. The zero-order valence-corrected chi connectivity index (χ0v) is 11.5. The SMILES string of the molecule is Cc1ccc(OCC(=O)Nc2ccc(F)cc2)c(CO)n1. The normalized spacial score (nSPS) is 10.2. The van der Waals surface area contributed by atoms with E-state index in [0.29, 0.717) is 17.1 Å². The van der Waals surface area contributed by atoms with Gasteiger partial charge in [-0.05, 0) is 43.3 Å². The standard InChI is InChI=1S/C15H15FN2O3/c1-10-2-7-14(13(8-19)17-10)21-9-15(20)18-12-5-3-11(16)4-6-12/h2-7,19H,8-9H2,1H3,(H,18,20). The van der Waals surface area contributed by atoms with Crippen LogP contribution in [0.15, 0.2) is 36.4 Å². The van der Waals surface area contributed by atoms with Gasteiger partial charge in [-0.2, -0.15) is 0 Å². The number of aliphatic hydroxyl groups is 1. The van der Waals surface area contributed by atoms with Gasteiger partial charge in [-0.3, -0.25) is 9.78 Å². The van der Waals surface area contributed by atoms with Crippen LogP contribution in [0.5, 0.6) is 5.75 Å². The summed E-state index contributed by atoms with van der Waals surface area (Å²) in [6.07, 6.45) is 0. The maximum Gasteiger partial charge on any atom is 0.262 e. The van der Waals surface area contributed by atoms with E-state index < -0.39 is 0 Å². The largest absolute Gasteiger partial charge is 0.482 e. The van der Waals surface area contributed by atoms with Crippen molar-refractivity contribution in [2.24, 2.45) is 0 Å². The van der Waals surface area contributed by atoms with Crippen LogP contribution in [-0.4, -0.2) is 22.6 Å². The second-order valence-electron chi connectivity index (χ2n) is 4.40. The highest BCUT2D eigenvalue weighted by Gasteiger charge is 2.08. The van der Waals surface area contributed by atoms with Crippen molar-refractivity contribution in [3.63, 3.8) is 0 Å². The molecule has 0 bridgehead atoms. The summed E-state index contributed by atoms with van der Waals surface area (Å²) < 4.78 is 18.1. The molecule has 6 heteroatoms. The number of hydrogen-bond acceptors (Lipinski definition) is 4. The van der Waals surface area contributed by atoms with Crippen LogP contribution in [0.3, 0.4) is 0 Å². The summed E-state index contributed by atoms with van der Waals surface area (Å²) in [7, 11) is 0. The molecular weight excluding hydrogens is 275 g/mol. The highest BCUT2D eigenvalue weighted by atomic mass is 19.1. The number of nitrogens with zero attached hydrogens (tertiary/aromatic N) is 1. The average Bonchev–Trinajstić information content (AvgIpc) is 2.48. The molecule has 0 saturated heterocycles. The Labute approximate surface area is 121 Å². The Balaban J connectivity index is 1.93. The minimum Gasteiger partial charge on any atom is -0.482 e. The van der Waals surface area contributed by atoms with Gasteiger partial charge in [0.1, 0.15) is 17.3 Å². The van der Waals surface area contributed by atoms with E-state index in [1.165, 1.54) is 24.3 Å². The molecule has 0 aliphatic rings. The number of ether oxygens (including phenoxy) is 1. The molecule has 5 nitrogen and oxygen atoms in total. The van der Waals surface area contributed by atoms with Crippen LogP contribution in [0.25, 0.3) is 0 Å². The predicted octanol–water partition coefficient (Wildman–Crippen LogP) is 2.04. The molecule has 0 aliphatic carbocycles. The van der Waals surface area contributed by atoms with Crippen molar-refractivity contribution < 1.29 is 19.0 Å². The number of aryl methyl sites for hydroxylation is 1.